The Kier molecular flexibility index (Phi) is 5.15. The smallest absolute Gasteiger partial charge is 0.239 e. The molecule has 0 aliphatic carbocycles. The molecule has 0 spiro atoms. The average molecular weight is 419 g/mol. The molecule has 128 valence electrons. The monoisotopic (exact) mass is 418 g/mol. The van der Waals surface area contributed by atoms with Gasteiger partial charge in [0.1, 0.15) is 5.75 Å². The van der Waals surface area contributed by atoms with Crippen LogP contribution < -0.4 is 5.32 Å². The standard InChI is InChI=1S/C18H15BrN2O3S/c19-15-6-3-4-13(8-15)11-25(23,24)12-18(22)21-16-9-14-5-1-2-7-17(14)20-10-16/h1-10H,11-12H2,(H,21,22). The Morgan fingerprint density at radius 3 is 2.68 bits per heavy atom. The summed E-state index contributed by atoms with van der Waals surface area (Å²) in [5, 5.41) is 3.47. The minimum absolute atomic E-state index is 0.185. The van der Waals surface area contributed by atoms with Gasteiger partial charge in [-0.1, -0.05) is 46.3 Å². The number of aromatic nitrogens is 1. The first kappa shape index (κ1) is 17.6. The van der Waals surface area contributed by atoms with Crippen molar-refractivity contribution in [3.05, 3.63) is 70.8 Å². The SMILES string of the molecule is O=C(CS(=O)(=O)Cc1cccc(Br)c1)Nc1cnc2ccccc2c1. The lowest BCUT2D eigenvalue weighted by atomic mass is 10.2. The Bertz CT molecular complexity index is 1040. The zero-order chi connectivity index (χ0) is 17.9. The molecule has 25 heavy (non-hydrogen) atoms. The summed E-state index contributed by atoms with van der Waals surface area (Å²) >= 11 is 3.30. The number of pyridine rings is 1. The number of carbonyl (C=O) groups excluding carboxylic acids is 1. The summed E-state index contributed by atoms with van der Waals surface area (Å²) in [7, 11) is -3.57. The van der Waals surface area contributed by atoms with Crippen molar-refractivity contribution in [1.29, 1.82) is 0 Å². The first-order chi connectivity index (χ1) is 11.9. The minimum atomic E-state index is -3.57. The quantitative estimate of drug-likeness (QED) is 0.687. The summed E-state index contributed by atoms with van der Waals surface area (Å²) in [5.41, 5.74) is 1.92. The number of hydrogen-bond donors (Lipinski definition) is 1. The van der Waals surface area contributed by atoms with Crippen molar-refractivity contribution < 1.29 is 13.2 Å². The van der Waals surface area contributed by atoms with Gasteiger partial charge in [-0.3, -0.25) is 9.78 Å². The van der Waals surface area contributed by atoms with Gasteiger partial charge in [0.25, 0.3) is 0 Å². The third-order valence-electron chi connectivity index (χ3n) is 3.50. The predicted molar refractivity (Wildman–Crippen MR) is 102 cm³/mol. The molecule has 1 aromatic heterocycles. The minimum Gasteiger partial charge on any atom is -0.324 e. The summed E-state index contributed by atoms with van der Waals surface area (Å²) in [6, 6.07) is 16.3. The highest BCUT2D eigenvalue weighted by atomic mass is 79.9. The van der Waals surface area contributed by atoms with E-state index in [1.165, 1.54) is 6.20 Å². The number of anilines is 1. The van der Waals surface area contributed by atoms with Crippen LogP contribution in [0.2, 0.25) is 0 Å². The maximum absolute atomic E-state index is 12.2. The molecular weight excluding hydrogens is 404 g/mol. The molecule has 1 N–H and O–H groups in total. The second-order valence-corrected chi connectivity index (χ2v) is 8.61. The van der Waals surface area contributed by atoms with Gasteiger partial charge in [-0.05, 0) is 29.8 Å². The molecule has 2 aromatic carbocycles. The van der Waals surface area contributed by atoms with Crippen molar-refractivity contribution >= 4 is 48.3 Å². The molecule has 0 saturated heterocycles. The van der Waals surface area contributed by atoms with Crippen molar-refractivity contribution in [2.45, 2.75) is 5.75 Å². The largest absolute Gasteiger partial charge is 0.324 e. The molecule has 0 fully saturated rings. The summed E-state index contributed by atoms with van der Waals surface area (Å²) in [6.45, 7) is 0. The molecule has 3 rings (SSSR count). The number of hydrogen-bond acceptors (Lipinski definition) is 4. The molecule has 0 radical (unpaired) electrons. The summed E-state index contributed by atoms with van der Waals surface area (Å²) in [4.78, 5) is 16.3. The second-order valence-electron chi connectivity index (χ2n) is 5.63. The van der Waals surface area contributed by atoms with Crippen LogP contribution in [0.5, 0.6) is 0 Å². The van der Waals surface area contributed by atoms with Crippen molar-refractivity contribution in [3.8, 4) is 0 Å². The van der Waals surface area contributed by atoms with Gasteiger partial charge in [0.05, 0.1) is 23.2 Å². The molecule has 0 aliphatic heterocycles. The van der Waals surface area contributed by atoms with Crippen molar-refractivity contribution in [3.63, 3.8) is 0 Å². The van der Waals surface area contributed by atoms with Crippen LogP contribution >= 0.6 is 15.9 Å². The van der Waals surface area contributed by atoms with Gasteiger partial charge in [-0.25, -0.2) is 8.42 Å². The molecule has 1 heterocycles. The molecule has 0 unspecified atom stereocenters. The lowest BCUT2D eigenvalue weighted by molar-refractivity contribution is -0.113. The fourth-order valence-electron chi connectivity index (χ4n) is 2.47. The number of nitrogens with zero attached hydrogens (tertiary/aromatic N) is 1. The van der Waals surface area contributed by atoms with E-state index in [-0.39, 0.29) is 5.75 Å². The number of rotatable bonds is 5. The number of amides is 1. The number of para-hydroxylation sites is 1. The number of benzene rings is 2. The van der Waals surface area contributed by atoms with Crippen molar-refractivity contribution in [2.75, 3.05) is 11.1 Å². The van der Waals surface area contributed by atoms with Gasteiger partial charge < -0.3 is 5.32 Å². The van der Waals surface area contributed by atoms with E-state index in [4.69, 9.17) is 0 Å². The zero-order valence-corrected chi connectivity index (χ0v) is 15.5. The number of halogens is 1. The van der Waals surface area contributed by atoms with E-state index < -0.39 is 21.5 Å². The van der Waals surface area contributed by atoms with Crippen LogP contribution in [0, 0.1) is 0 Å². The maximum atomic E-state index is 12.2. The predicted octanol–water partition coefficient (Wildman–Crippen LogP) is 3.55. The number of nitrogens with one attached hydrogen (secondary N) is 1. The van der Waals surface area contributed by atoms with Gasteiger partial charge in [0.15, 0.2) is 9.84 Å². The molecule has 0 saturated carbocycles. The number of sulfone groups is 1. The number of fused-ring (bicyclic) bond motifs is 1. The highest BCUT2D eigenvalue weighted by Gasteiger charge is 2.18. The van der Waals surface area contributed by atoms with Gasteiger partial charge in [0.2, 0.25) is 5.91 Å². The van der Waals surface area contributed by atoms with Crippen molar-refractivity contribution in [2.24, 2.45) is 0 Å². The maximum Gasteiger partial charge on any atom is 0.239 e. The second kappa shape index (κ2) is 7.33. The molecule has 0 bridgehead atoms. The topological polar surface area (TPSA) is 76.1 Å². The van der Waals surface area contributed by atoms with Gasteiger partial charge >= 0.3 is 0 Å². The molecule has 7 heteroatoms. The van der Waals surface area contributed by atoms with Crippen molar-refractivity contribution in [1.82, 2.24) is 4.98 Å². The molecule has 3 aromatic rings. The fourth-order valence-corrected chi connectivity index (χ4v) is 4.18. The first-order valence-electron chi connectivity index (χ1n) is 7.51. The zero-order valence-electron chi connectivity index (χ0n) is 13.1. The third kappa shape index (κ3) is 4.87. The fraction of sp³-hybridized carbons (Fsp3) is 0.111. The first-order valence-corrected chi connectivity index (χ1v) is 10.1. The van der Waals surface area contributed by atoms with E-state index >= 15 is 0 Å². The van der Waals surface area contributed by atoms with Crippen LogP contribution in [-0.2, 0) is 20.4 Å². The molecule has 0 aliphatic rings. The Morgan fingerprint density at radius 2 is 1.88 bits per heavy atom. The average Bonchev–Trinajstić information content (AvgIpc) is 2.53. The van der Waals surface area contributed by atoms with Crippen LogP contribution in [0.1, 0.15) is 5.56 Å². The van der Waals surface area contributed by atoms with Crippen LogP contribution in [0.3, 0.4) is 0 Å². The molecule has 1 amide bonds. The van der Waals surface area contributed by atoms with Crippen LogP contribution in [0.25, 0.3) is 10.9 Å². The Hall–Kier alpha value is -2.25. The Labute approximate surface area is 154 Å². The molecular formula is C18H15BrN2O3S. The summed E-state index contributed by atoms with van der Waals surface area (Å²) in [6.07, 6.45) is 1.52. The van der Waals surface area contributed by atoms with E-state index in [1.807, 2.05) is 30.3 Å². The summed E-state index contributed by atoms with van der Waals surface area (Å²) in [5.74, 6) is -1.34. The highest BCUT2D eigenvalue weighted by Crippen LogP contribution is 2.17. The summed E-state index contributed by atoms with van der Waals surface area (Å²) < 4.78 is 25.3. The van der Waals surface area contributed by atoms with Gasteiger partial charge in [-0.2, -0.15) is 0 Å². The van der Waals surface area contributed by atoms with Gasteiger partial charge in [0, 0.05) is 9.86 Å². The van der Waals surface area contributed by atoms with E-state index in [0.717, 1.165) is 15.4 Å². The lowest BCUT2D eigenvalue weighted by Gasteiger charge is -2.07. The molecule has 5 nitrogen and oxygen atoms in total. The van der Waals surface area contributed by atoms with Crippen LogP contribution in [0.15, 0.2) is 65.3 Å². The Morgan fingerprint density at radius 1 is 1.08 bits per heavy atom. The van der Waals surface area contributed by atoms with E-state index in [2.05, 4.69) is 26.2 Å². The Balaban J connectivity index is 1.68. The lowest BCUT2D eigenvalue weighted by Crippen LogP contribution is -2.24. The van der Waals surface area contributed by atoms with Crippen LogP contribution in [-0.4, -0.2) is 25.1 Å². The third-order valence-corrected chi connectivity index (χ3v) is 5.47. The van der Waals surface area contributed by atoms with Crippen LogP contribution in [0.4, 0.5) is 5.69 Å². The highest BCUT2D eigenvalue weighted by molar-refractivity contribution is 9.10. The molecule has 0 atom stereocenters. The van der Waals surface area contributed by atoms with Gasteiger partial charge in [-0.15, -0.1) is 0 Å². The number of carbonyl (C=O) groups is 1. The van der Waals surface area contributed by atoms with E-state index in [1.54, 1.807) is 24.3 Å². The van der Waals surface area contributed by atoms with E-state index in [9.17, 15) is 13.2 Å². The van der Waals surface area contributed by atoms with E-state index in [0.29, 0.717) is 11.3 Å². The normalized spacial score (nSPS) is 11.4.